The van der Waals surface area contributed by atoms with Gasteiger partial charge in [-0.2, -0.15) is 14.3 Å². The van der Waals surface area contributed by atoms with Crippen LogP contribution in [-0.2, 0) is 34.4 Å². The number of methoxy groups -OCH3 is 1. The molecule has 4 rings (SSSR count). The van der Waals surface area contributed by atoms with Gasteiger partial charge in [-0.25, -0.2) is 21.6 Å². The summed E-state index contributed by atoms with van der Waals surface area (Å²) in [7, 11) is -8.91. The number of hydrogen-bond donors (Lipinski definition) is 5. The van der Waals surface area contributed by atoms with Crippen LogP contribution in [0.4, 0.5) is 29.0 Å². The smallest absolute Gasteiger partial charge is 0.744 e. The number of nitrogens with zero attached hydrogens (tertiary/aromatic N) is 4. The number of azo groups is 1. The zero-order chi connectivity index (χ0) is 34.7. The van der Waals surface area contributed by atoms with Gasteiger partial charge in [0, 0.05) is 5.39 Å². The molecule has 0 spiro atoms. The van der Waals surface area contributed by atoms with E-state index in [2.05, 4.69) is 45.2 Å². The van der Waals surface area contributed by atoms with Crippen LogP contribution in [0.15, 0.2) is 66.1 Å². The molecule has 21 nitrogen and oxygen atoms in total. The molecule has 0 saturated heterocycles. The Labute approximate surface area is 321 Å². The molecule has 27 heteroatoms. The van der Waals surface area contributed by atoms with Crippen LogP contribution in [0.1, 0.15) is 6.92 Å². The first-order valence-corrected chi connectivity index (χ1v) is 15.8. The van der Waals surface area contributed by atoms with Crippen LogP contribution in [-0.4, -0.2) is 70.2 Å². The Balaban J connectivity index is 0.00000417. The summed E-state index contributed by atoms with van der Waals surface area (Å²) in [5, 5.41) is 46.6. The zero-order valence-electron chi connectivity index (χ0n) is 26.3. The number of rotatable bonds is 13. The van der Waals surface area contributed by atoms with Crippen LogP contribution >= 0.6 is 12.0 Å². The van der Waals surface area contributed by atoms with Crippen molar-refractivity contribution >= 4 is 78.0 Å². The van der Waals surface area contributed by atoms with Crippen LogP contribution < -0.4 is 82.9 Å². The number of hydrogen-bond acceptors (Lipinski definition) is 20. The maximum Gasteiger partial charge on any atom is 1.00 e. The molecule has 3 aromatic carbocycles. The van der Waals surface area contributed by atoms with Gasteiger partial charge in [-0.1, -0.05) is 0 Å². The van der Waals surface area contributed by atoms with E-state index in [-0.39, 0.29) is 101 Å². The van der Waals surface area contributed by atoms with Crippen molar-refractivity contribution in [2.24, 2.45) is 10.2 Å². The Hall–Kier alpha value is -3.16. The third-order valence-electron chi connectivity index (χ3n) is 5.88. The van der Waals surface area contributed by atoms with Gasteiger partial charge in [0.15, 0.2) is 5.75 Å². The predicted molar refractivity (Wildman–Crippen MR) is 153 cm³/mol. The molecule has 0 bridgehead atoms. The van der Waals surface area contributed by atoms with Crippen LogP contribution in [0.3, 0.4) is 0 Å². The van der Waals surface area contributed by atoms with Crippen LogP contribution in [0.2, 0.25) is 0 Å². The van der Waals surface area contributed by atoms with Crippen molar-refractivity contribution in [2.75, 3.05) is 17.7 Å². The summed E-state index contributed by atoms with van der Waals surface area (Å²) in [6.07, 6.45) is 0. The van der Waals surface area contributed by atoms with E-state index in [1.165, 1.54) is 14.0 Å². The normalized spacial score (nSPS) is 11.9. The maximum absolute atomic E-state index is 12.2. The molecule has 1 aromatic heterocycles. The van der Waals surface area contributed by atoms with Crippen molar-refractivity contribution < 1.29 is 117 Å². The monoisotopic (exact) mass is 733 g/mol. The third-order valence-corrected chi connectivity index (χ3v) is 8.14. The Morgan fingerprint density at radius 1 is 1.02 bits per heavy atom. The molecule has 0 aliphatic heterocycles. The molecule has 4 aromatic rings. The number of anilines is 3. The number of aromatic nitrogens is 3. The molecule has 5 N–H and O–H groups in total. The van der Waals surface area contributed by atoms with Crippen LogP contribution in [0, 0.1) is 0 Å². The standard InChI is InChI=1S/C23H21N7O14S3.3Li/c1-9(20(32)33)24-21-26-22(28-23(34)27-21)25-14-8-12(47(39,40)41)5-10-6-16(45-44-43-35)18(19(31)17(10)14)30-29-13-7-11(46(36,37)38)3-4-15(13)42-2;;;/h3-9,31,35H,1-2H3,(H,32,33)(H,36,37,38)(H,39,40,41)(H3,24,25,26,27,28,34);;;/q;3*+1/p-3. The average molecular weight is 733 g/mol. The fourth-order valence-corrected chi connectivity index (χ4v) is 5.33. The number of aliphatic carboxylic acids is 1. The number of phenolic OH excluding ortho intramolecular Hbond substituents is 1. The van der Waals surface area contributed by atoms with E-state index in [4.69, 9.17) is 9.84 Å². The molecule has 0 aliphatic carbocycles. The van der Waals surface area contributed by atoms with Crippen molar-refractivity contribution in [1.82, 2.24) is 15.0 Å². The second kappa shape index (κ2) is 18.4. The first-order valence-electron chi connectivity index (χ1n) is 12.2. The van der Waals surface area contributed by atoms with Crippen molar-refractivity contribution in [3.8, 4) is 11.5 Å². The molecular weight excluding hydrogens is 715 g/mol. The summed E-state index contributed by atoms with van der Waals surface area (Å²) in [5.74, 6) is -3.12. The zero-order valence-corrected chi connectivity index (χ0v) is 28.8. The van der Waals surface area contributed by atoms with E-state index < -0.39 is 71.1 Å². The van der Waals surface area contributed by atoms with Gasteiger partial charge in [-0.05, 0) is 48.7 Å². The topological polar surface area (TPSA) is 330 Å². The quantitative estimate of drug-likeness (QED) is 0.0213. The molecular formula is C23H18Li3N7O14S3. The molecule has 0 fully saturated rings. The van der Waals surface area contributed by atoms with Crippen molar-refractivity contribution in [3.05, 3.63) is 46.9 Å². The molecule has 1 heterocycles. The Morgan fingerprint density at radius 3 is 2.26 bits per heavy atom. The Morgan fingerprint density at radius 2 is 1.68 bits per heavy atom. The second-order valence-corrected chi connectivity index (χ2v) is 12.5. The number of carboxylic acid groups (broad SMARTS) is 1. The number of carbonyl (C=O) groups is 1. The van der Waals surface area contributed by atoms with Gasteiger partial charge in [0.2, 0.25) is 11.9 Å². The van der Waals surface area contributed by atoms with E-state index in [1.54, 1.807) is 0 Å². The number of carboxylic acids is 1. The van der Waals surface area contributed by atoms with E-state index >= 15 is 0 Å². The number of benzene rings is 3. The third kappa shape index (κ3) is 10.9. The SMILES string of the molecule is COc1ccc(S(=O)(=O)[O-])cc1N=Nc1c(SOO[O-])cc2cc(S(=O)(=O)[O-])cc(Nc3nc(NC(C)C(=O)O)nc(=O)[nH]3)c2c1O.[Li+].[Li+].[Li+]. The number of aromatic hydroxyl groups is 1. The van der Waals surface area contributed by atoms with E-state index in [9.17, 15) is 45.9 Å². The summed E-state index contributed by atoms with van der Waals surface area (Å²) in [6.45, 7) is 1.23. The summed E-state index contributed by atoms with van der Waals surface area (Å²) in [4.78, 5) is 31.2. The summed E-state index contributed by atoms with van der Waals surface area (Å²) in [6, 6.07) is 4.35. The van der Waals surface area contributed by atoms with Crippen LogP contribution in [0.5, 0.6) is 11.5 Å². The minimum Gasteiger partial charge on any atom is -0.744 e. The Kier molecular flexibility index (Phi) is 16.5. The van der Waals surface area contributed by atoms with Crippen molar-refractivity contribution in [3.63, 3.8) is 0 Å². The van der Waals surface area contributed by atoms with E-state index in [1.807, 2.05) is 0 Å². The van der Waals surface area contributed by atoms with E-state index in [0.29, 0.717) is 0 Å². The first-order chi connectivity index (χ1) is 22.0. The van der Waals surface area contributed by atoms with Gasteiger partial charge >= 0.3 is 68.2 Å². The minimum absolute atomic E-state index is 0. The molecule has 250 valence electrons. The Bertz CT molecular complexity index is 2190. The fraction of sp³-hybridized carbons (Fsp3) is 0.130. The molecule has 1 unspecified atom stereocenters. The van der Waals surface area contributed by atoms with Gasteiger partial charge in [0.05, 0.1) is 39.5 Å². The number of phenols is 1. The fourth-order valence-electron chi connectivity index (χ4n) is 3.81. The molecule has 0 saturated carbocycles. The average Bonchev–Trinajstić information content (AvgIpc) is 2.97. The molecule has 1 atom stereocenters. The largest absolute Gasteiger partial charge is 1.00 e. The predicted octanol–water partition coefficient (Wildman–Crippen LogP) is -7.87. The minimum atomic E-state index is -5.17. The number of fused-ring (bicyclic) bond motifs is 1. The van der Waals surface area contributed by atoms with Gasteiger partial charge < -0.3 is 39.9 Å². The van der Waals surface area contributed by atoms with Crippen LogP contribution in [0.25, 0.3) is 10.8 Å². The second-order valence-electron chi connectivity index (χ2n) is 8.96. The van der Waals surface area contributed by atoms with Gasteiger partial charge in [0.1, 0.15) is 43.4 Å². The molecule has 0 aliphatic rings. The number of H-pyrrole nitrogens is 1. The molecule has 0 radical (unpaired) electrons. The van der Waals surface area contributed by atoms with Gasteiger partial charge in [0.25, 0.3) is 0 Å². The summed E-state index contributed by atoms with van der Waals surface area (Å²) in [5.41, 5.74) is -2.23. The molecule has 0 amide bonds. The number of aromatic amines is 1. The summed E-state index contributed by atoms with van der Waals surface area (Å²) < 4.78 is 80.1. The number of nitrogens with one attached hydrogen (secondary N) is 3. The van der Waals surface area contributed by atoms with Gasteiger partial charge in [-0.3, -0.25) is 14.8 Å². The summed E-state index contributed by atoms with van der Waals surface area (Å²) >= 11 is 0.166. The first kappa shape index (κ1) is 44.9. The molecule has 50 heavy (non-hydrogen) atoms. The van der Waals surface area contributed by atoms with Crippen molar-refractivity contribution in [1.29, 1.82) is 0 Å². The van der Waals surface area contributed by atoms with Crippen molar-refractivity contribution in [2.45, 2.75) is 27.7 Å². The number of ether oxygens (including phenoxy) is 1. The maximum atomic E-state index is 12.2. The van der Waals surface area contributed by atoms with Gasteiger partial charge in [-0.15, -0.1) is 10.2 Å². The van der Waals surface area contributed by atoms with E-state index in [0.717, 1.165) is 36.4 Å².